The Labute approximate surface area is 189 Å². The van der Waals surface area contributed by atoms with E-state index in [1.165, 1.54) is 4.90 Å². The monoisotopic (exact) mass is 441 g/mol. The topological polar surface area (TPSA) is 74.3 Å². The number of methoxy groups -OCH3 is 2. The molecule has 1 heterocycles. The van der Waals surface area contributed by atoms with Gasteiger partial charge in [0.15, 0.2) is 0 Å². The lowest BCUT2D eigenvalue weighted by molar-refractivity contribution is -0.150. The van der Waals surface area contributed by atoms with Gasteiger partial charge in [-0.05, 0) is 49.4 Å². The average molecular weight is 442 g/mol. The van der Waals surface area contributed by atoms with Crippen LogP contribution in [-0.4, -0.2) is 50.4 Å². The Bertz CT molecular complexity index is 889. The van der Waals surface area contributed by atoms with Gasteiger partial charge in [-0.1, -0.05) is 30.3 Å². The molecule has 7 heteroatoms. The molecule has 0 spiro atoms. The van der Waals surface area contributed by atoms with Gasteiger partial charge in [0.1, 0.15) is 24.1 Å². The van der Waals surface area contributed by atoms with Crippen molar-refractivity contribution in [3.05, 3.63) is 59.2 Å². The van der Waals surface area contributed by atoms with Crippen molar-refractivity contribution in [1.29, 1.82) is 0 Å². The smallest absolute Gasteiger partial charge is 0.410 e. The second-order valence-corrected chi connectivity index (χ2v) is 7.79. The van der Waals surface area contributed by atoms with Crippen LogP contribution in [0.4, 0.5) is 4.79 Å². The summed E-state index contributed by atoms with van der Waals surface area (Å²) in [4.78, 5) is 26.9. The molecule has 32 heavy (non-hydrogen) atoms. The number of benzene rings is 2. The highest BCUT2D eigenvalue weighted by atomic mass is 16.6. The van der Waals surface area contributed by atoms with Crippen molar-refractivity contribution in [2.75, 3.05) is 27.4 Å². The molecule has 7 nitrogen and oxygen atoms in total. The Hall–Kier alpha value is -3.22. The number of hydrogen-bond donors (Lipinski definition) is 0. The maximum atomic E-state index is 12.8. The molecule has 1 unspecified atom stereocenters. The number of amides is 1. The SMILES string of the molecule is COc1cc(CCOC(=O)C2CCCCN2C(=O)OCc2ccccc2)cc(OC)c1C. The maximum absolute atomic E-state index is 12.8. The number of ether oxygens (including phenoxy) is 4. The highest BCUT2D eigenvalue weighted by Gasteiger charge is 2.34. The van der Waals surface area contributed by atoms with Gasteiger partial charge in [0.2, 0.25) is 0 Å². The quantitative estimate of drug-likeness (QED) is 0.569. The van der Waals surface area contributed by atoms with Gasteiger partial charge >= 0.3 is 12.1 Å². The van der Waals surface area contributed by atoms with Gasteiger partial charge in [-0.3, -0.25) is 4.90 Å². The normalized spacial score (nSPS) is 15.7. The minimum absolute atomic E-state index is 0.176. The molecule has 0 aromatic heterocycles. The number of likely N-dealkylation sites (tertiary alicyclic amines) is 1. The second kappa shape index (κ2) is 11.4. The molecule has 1 aliphatic rings. The molecule has 172 valence electrons. The van der Waals surface area contributed by atoms with Crippen molar-refractivity contribution in [2.45, 2.75) is 45.3 Å². The molecule has 0 radical (unpaired) electrons. The third-order valence-electron chi connectivity index (χ3n) is 5.66. The van der Waals surface area contributed by atoms with Crippen LogP contribution in [0.15, 0.2) is 42.5 Å². The molecule has 0 aliphatic carbocycles. The van der Waals surface area contributed by atoms with Crippen LogP contribution in [0.25, 0.3) is 0 Å². The Morgan fingerprint density at radius 3 is 2.31 bits per heavy atom. The van der Waals surface area contributed by atoms with Crippen molar-refractivity contribution in [1.82, 2.24) is 4.90 Å². The summed E-state index contributed by atoms with van der Waals surface area (Å²) in [6, 6.07) is 12.7. The molecule has 2 aromatic carbocycles. The van der Waals surface area contributed by atoms with E-state index in [0.717, 1.165) is 41.0 Å². The van der Waals surface area contributed by atoms with Crippen molar-refractivity contribution in [3.8, 4) is 11.5 Å². The zero-order valence-corrected chi connectivity index (χ0v) is 19.0. The van der Waals surface area contributed by atoms with E-state index >= 15 is 0 Å². The van der Waals surface area contributed by atoms with Crippen LogP contribution in [0, 0.1) is 6.92 Å². The first-order valence-electron chi connectivity index (χ1n) is 10.9. The number of hydrogen-bond acceptors (Lipinski definition) is 6. The van der Waals surface area contributed by atoms with E-state index < -0.39 is 18.1 Å². The van der Waals surface area contributed by atoms with Gasteiger partial charge in [0.25, 0.3) is 0 Å². The van der Waals surface area contributed by atoms with E-state index in [4.69, 9.17) is 18.9 Å². The van der Waals surface area contributed by atoms with E-state index in [9.17, 15) is 9.59 Å². The zero-order chi connectivity index (χ0) is 22.9. The summed E-state index contributed by atoms with van der Waals surface area (Å²) >= 11 is 0. The van der Waals surface area contributed by atoms with Crippen molar-refractivity contribution >= 4 is 12.1 Å². The number of rotatable bonds is 8. The molecule has 3 rings (SSSR count). The molecular formula is C25H31NO6. The summed E-state index contributed by atoms with van der Waals surface area (Å²) in [6.45, 7) is 2.79. The summed E-state index contributed by atoms with van der Waals surface area (Å²) in [5.74, 6) is 1.06. The van der Waals surface area contributed by atoms with Crippen molar-refractivity contribution in [2.24, 2.45) is 0 Å². The maximum Gasteiger partial charge on any atom is 0.410 e. The van der Waals surface area contributed by atoms with E-state index in [-0.39, 0.29) is 13.2 Å². The first-order chi connectivity index (χ1) is 15.5. The Balaban J connectivity index is 1.55. The average Bonchev–Trinajstić information content (AvgIpc) is 2.83. The number of piperidine rings is 1. The number of carbonyl (C=O) groups is 2. The summed E-state index contributed by atoms with van der Waals surface area (Å²) in [7, 11) is 3.22. The molecule has 1 atom stereocenters. The molecule has 1 aliphatic heterocycles. The van der Waals surface area contributed by atoms with Crippen LogP contribution in [0.1, 0.15) is 36.0 Å². The largest absolute Gasteiger partial charge is 0.496 e. The van der Waals surface area contributed by atoms with Crippen LogP contribution in [-0.2, 0) is 27.3 Å². The van der Waals surface area contributed by atoms with Crippen LogP contribution < -0.4 is 9.47 Å². The van der Waals surface area contributed by atoms with Gasteiger partial charge in [-0.15, -0.1) is 0 Å². The molecule has 1 saturated heterocycles. The van der Waals surface area contributed by atoms with Crippen LogP contribution >= 0.6 is 0 Å². The van der Waals surface area contributed by atoms with Gasteiger partial charge in [0, 0.05) is 18.5 Å². The Morgan fingerprint density at radius 2 is 1.66 bits per heavy atom. The van der Waals surface area contributed by atoms with Gasteiger partial charge in [-0.2, -0.15) is 0 Å². The molecule has 0 N–H and O–H groups in total. The van der Waals surface area contributed by atoms with Crippen LogP contribution in [0.3, 0.4) is 0 Å². The highest BCUT2D eigenvalue weighted by Crippen LogP contribution is 2.29. The van der Waals surface area contributed by atoms with E-state index in [0.29, 0.717) is 19.4 Å². The Morgan fingerprint density at radius 1 is 0.969 bits per heavy atom. The predicted molar refractivity (Wildman–Crippen MR) is 120 cm³/mol. The summed E-state index contributed by atoms with van der Waals surface area (Å²) in [6.07, 6.45) is 2.32. The number of esters is 1. The summed E-state index contributed by atoms with van der Waals surface area (Å²) in [5.41, 5.74) is 2.77. The summed E-state index contributed by atoms with van der Waals surface area (Å²) in [5, 5.41) is 0. The first kappa shape index (κ1) is 23.4. The lowest BCUT2D eigenvalue weighted by Gasteiger charge is -2.33. The fraction of sp³-hybridized carbons (Fsp3) is 0.440. The van der Waals surface area contributed by atoms with Gasteiger partial charge in [-0.25, -0.2) is 9.59 Å². The molecular weight excluding hydrogens is 410 g/mol. The lowest BCUT2D eigenvalue weighted by Crippen LogP contribution is -2.48. The van der Waals surface area contributed by atoms with E-state index in [2.05, 4.69) is 0 Å². The highest BCUT2D eigenvalue weighted by molar-refractivity contribution is 5.81. The molecule has 0 saturated carbocycles. The van der Waals surface area contributed by atoms with E-state index in [1.54, 1.807) is 14.2 Å². The van der Waals surface area contributed by atoms with Crippen molar-refractivity contribution in [3.63, 3.8) is 0 Å². The van der Waals surface area contributed by atoms with Gasteiger partial charge in [0.05, 0.1) is 20.8 Å². The second-order valence-electron chi connectivity index (χ2n) is 7.79. The van der Waals surface area contributed by atoms with Crippen LogP contribution in [0.5, 0.6) is 11.5 Å². The zero-order valence-electron chi connectivity index (χ0n) is 19.0. The molecule has 0 bridgehead atoms. The fourth-order valence-electron chi connectivity index (χ4n) is 3.85. The van der Waals surface area contributed by atoms with Gasteiger partial charge < -0.3 is 18.9 Å². The standard InChI is InChI=1S/C25H31NO6/c1-18-22(29-2)15-20(16-23(18)30-3)12-14-31-24(27)21-11-7-8-13-26(21)25(28)32-17-19-9-5-4-6-10-19/h4-6,9-10,15-16,21H,7-8,11-14,17H2,1-3H3. The Kier molecular flexibility index (Phi) is 8.36. The number of carbonyl (C=O) groups excluding carboxylic acids is 2. The van der Waals surface area contributed by atoms with Crippen molar-refractivity contribution < 1.29 is 28.5 Å². The first-order valence-corrected chi connectivity index (χ1v) is 10.9. The molecule has 1 fully saturated rings. The summed E-state index contributed by atoms with van der Waals surface area (Å²) < 4.78 is 21.8. The third kappa shape index (κ3) is 5.93. The fourth-order valence-corrected chi connectivity index (χ4v) is 3.85. The number of nitrogens with zero attached hydrogens (tertiary/aromatic N) is 1. The third-order valence-corrected chi connectivity index (χ3v) is 5.66. The van der Waals surface area contributed by atoms with E-state index in [1.807, 2.05) is 49.4 Å². The minimum atomic E-state index is -0.617. The van der Waals surface area contributed by atoms with Crippen LogP contribution in [0.2, 0.25) is 0 Å². The minimum Gasteiger partial charge on any atom is -0.496 e. The lowest BCUT2D eigenvalue weighted by atomic mass is 10.0. The molecule has 1 amide bonds. The predicted octanol–water partition coefficient (Wildman–Crippen LogP) is 4.29. The molecule has 2 aromatic rings.